The normalized spacial score (nSPS) is 13.8. The zero-order valence-electron chi connectivity index (χ0n) is 13.2. The van der Waals surface area contributed by atoms with Crippen LogP contribution in [0.2, 0.25) is 0 Å². The second-order valence-electron chi connectivity index (χ2n) is 5.93. The summed E-state index contributed by atoms with van der Waals surface area (Å²) in [5.41, 5.74) is 3.44. The molecule has 0 bridgehead atoms. The van der Waals surface area contributed by atoms with Gasteiger partial charge in [-0.25, -0.2) is 0 Å². The van der Waals surface area contributed by atoms with E-state index in [9.17, 15) is 4.79 Å². The molecule has 1 aromatic rings. The maximum atomic E-state index is 12.1. The summed E-state index contributed by atoms with van der Waals surface area (Å²) in [4.78, 5) is 12.1. The quantitative estimate of drug-likeness (QED) is 0.720. The minimum Gasteiger partial charge on any atom is -0.352 e. The Kier molecular flexibility index (Phi) is 6.74. The molecular formula is C18H28N2O. The summed E-state index contributed by atoms with van der Waals surface area (Å²) in [5.74, 6) is 0.0666. The summed E-state index contributed by atoms with van der Waals surface area (Å²) in [6, 6.07) is 6.11. The Morgan fingerprint density at radius 1 is 1.14 bits per heavy atom. The predicted molar refractivity (Wildman–Crippen MR) is 87.6 cm³/mol. The van der Waals surface area contributed by atoms with Gasteiger partial charge in [-0.3, -0.25) is 4.79 Å². The highest BCUT2D eigenvalue weighted by atomic mass is 16.1. The van der Waals surface area contributed by atoms with Crippen molar-refractivity contribution >= 4 is 5.91 Å². The van der Waals surface area contributed by atoms with Gasteiger partial charge in [0.2, 0.25) is 0 Å². The van der Waals surface area contributed by atoms with Crippen LogP contribution in [0.5, 0.6) is 0 Å². The van der Waals surface area contributed by atoms with Gasteiger partial charge in [0.1, 0.15) is 0 Å². The van der Waals surface area contributed by atoms with E-state index in [4.69, 9.17) is 0 Å². The van der Waals surface area contributed by atoms with Gasteiger partial charge in [-0.15, -0.1) is 0 Å². The lowest BCUT2D eigenvalue weighted by atomic mass is 9.98. The highest BCUT2D eigenvalue weighted by Crippen LogP contribution is 2.15. The molecule has 0 saturated carbocycles. The number of rotatable bonds is 8. The van der Waals surface area contributed by atoms with E-state index in [-0.39, 0.29) is 5.91 Å². The van der Waals surface area contributed by atoms with Crippen molar-refractivity contribution in [3.63, 3.8) is 0 Å². The van der Waals surface area contributed by atoms with E-state index in [0.717, 1.165) is 38.0 Å². The largest absolute Gasteiger partial charge is 0.352 e. The summed E-state index contributed by atoms with van der Waals surface area (Å²) in [5, 5.41) is 6.39. The summed E-state index contributed by atoms with van der Waals surface area (Å²) >= 11 is 0. The Bertz CT molecular complexity index is 457. The molecule has 116 valence electrons. The van der Waals surface area contributed by atoms with Crippen LogP contribution in [0.15, 0.2) is 18.2 Å². The zero-order valence-corrected chi connectivity index (χ0v) is 13.2. The highest BCUT2D eigenvalue weighted by molar-refractivity contribution is 5.94. The van der Waals surface area contributed by atoms with Crippen LogP contribution in [0.1, 0.15) is 66.9 Å². The smallest absolute Gasteiger partial charge is 0.251 e. The molecule has 21 heavy (non-hydrogen) atoms. The number of benzene rings is 1. The first-order valence-corrected chi connectivity index (χ1v) is 8.42. The molecular weight excluding hydrogens is 260 g/mol. The molecule has 2 rings (SSSR count). The van der Waals surface area contributed by atoms with E-state index in [0.29, 0.717) is 0 Å². The van der Waals surface area contributed by atoms with E-state index < -0.39 is 0 Å². The zero-order chi connectivity index (χ0) is 14.9. The van der Waals surface area contributed by atoms with E-state index in [1.54, 1.807) is 0 Å². The van der Waals surface area contributed by atoms with Crippen molar-refractivity contribution < 1.29 is 4.79 Å². The number of hydrogen-bond donors (Lipinski definition) is 2. The fraction of sp³-hybridized carbons (Fsp3) is 0.611. The predicted octanol–water partition coefficient (Wildman–Crippen LogP) is 3.42. The summed E-state index contributed by atoms with van der Waals surface area (Å²) in [6.45, 7) is 4.94. The maximum absolute atomic E-state index is 12.1. The first-order chi connectivity index (χ1) is 10.3. The van der Waals surface area contributed by atoms with Crippen molar-refractivity contribution in [2.45, 2.75) is 58.4 Å². The SMILES string of the molecule is CCCCCCCCNC(=O)c1ccc2c(c1)CNCC2. The second-order valence-corrected chi connectivity index (χ2v) is 5.93. The lowest BCUT2D eigenvalue weighted by molar-refractivity contribution is 0.0953. The van der Waals surface area contributed by atoms with Crippen LogP contribution in [-0.4, -0.2) is 19.0 Å². The van der Waals surface area contributed by atoms with E-state index in [1.807, 2.05) is 12.1 Å². The van der Waals surface area contributed by atoms with Crippen LogP contribution in [-0.2, 0) is 13.0 Å². The monoisotopic (exact) mass is 288 g/mol. The summed E-state index contributed by atoms with van der Waals surface area (Å²) in [7, 11) is 0. The first-order valence-electron chi connectivity index (χ1n) is 8.42. The minimum atomic E-state index is 0.0666. The standard InChI is InChI=1S/C18H28N2O/c1-2-3-4-5-6-7-11-20-18(21)16-9-8-15-10-12-19-14-17(15)13-16/h8-9,13,19H,2-7,10-12,14H2,1H3,(H,20,21). The molecule has 1 aromatic carbocycles. The molecule has 0 aliphatic carbocycles. The molecule has 3 nitrogen and oxygen atoms in total. The summed E-state index contributed by atoms with van der Waals surface area (Å²) in [6.07, 6.45) is 8.58. The van der Waals surface area contributed by atoms with Crippen LogP contribution in [0.25, 0.3) is 0 Å². The van der Waals surface area contributed by atoms with Crippen LogP contribution < -0.4 is 10.6 Å². The van der Waals surface area contributed by atoms with E-state index in [2.05, 4.69) is 23.6 Å². The van der Waals surface area contributed by atoms with Gasteiger partial charge < -0.3 is 10.6 Å². The maximum Gasteiger partial charge on any atom is 0.251 e. The van der Waals surface area contributed by atoms with Crippen LogP contribution in [0, 0.1) is 0 Å². The molecule has 0 radical (unpaired) electrons. The van der Waals surface area contributed by atoms with Crippen molar-refractivity contribution in [1.29, 1.82) is 0 Å². The van der Waals surface area contributed by atoms with Crippen LogP contribution >= 0.6 is 0 Å². The lowest BCUT2D eigenvalue weighted by Crippen LogP contribution is -2.27. The van der Waals surface area contributed by atoms with Crippen molar-refractivity contribution in [3.8, 4) is 0 Å². The Labute approximate surface area is 128 Å². The Balaban J connectivity index is 1.71. The molecule has 0 saturated heterocycles. The van der Waals surface area contributed by atoms with Gasteiger partial charge in [0.15, 0.2) is 0 Å². The molecule has 2 N–H and O–H groups in total. The number of nitrogens with one attached hydrogen (secondary N) is 2. The third-order valence-corrected chi connectivity index (χ3v) is 4.17. The molecule has 1 heterocycles. The number of hydrogen-bond acceptors (Lipinski definition) is 2. The average molecular weight is 288 g/mol. The Morgan fingerprint density at radius 2 is 1.95 bits per heavy atom. The van der Waals surface area contributed by atoms with Crippen molar-refractivity contribution in [1.82, 2.24) is 10.6 Å². The molecule has 0 unspecified atom stereocenters. The van der Waals surface area contributed by atoms with E-state index in [1.165, 1.54) is 43.2 Å². The topological polar surface area (TPSA) is 41.1 Å². The van der Waals surface area contributed by atoms with Gasteiger partial charge in [0, 0.05) is 18.7 Å². The number of fused-ring (bicyclic) bond motifs is 1. The highest BCUT2D eigenvalue weighted by Gasteiger charge is 2.12. The number of amides is 1. The third-order valence-electron chi connectivity index (χ3n) is 4.17. The molecule has 1 aliphatic heterocycles. The van der Waals surface area contributed by atoms with Gasteiger partial charge in [-0.1, -0.05) is 45.1 Å². The van der Waals surface area contributed by atoms with Gasteiger partial charge in [-0.05, 0) is 42.6 Å². The average Bonchev–Trinajstić information content (AvgIpc) is 2.53. The van der Waals surface area contributed by atoms with Gasteiger partial charge >= 0.3 is 0 Å². The van der Waals surface area contributed by atoms with Crippen molar-refractivity contribution in [2.75, 3.05) is 13.1 Å². The number of carbonyl (C=O) groups excluding carboxylic acids is 1. The van der Waals surface area contributed by atoms with Crippen molar-refractivity contribution in [2.24, 2.45) is 0 Å². The number of unbranched alkanes of at least 4 members (excludes halogenated alkanes) is 5. The first kappa shape index (κ1) is 16.0. The molecule has 3 heteroatoms. The fourth-order valence-electron chi connectivity index (χ4n) is 2.83. The molecule has 0 aromatic heterocycles. The second kappa shape index (κ2) is 8.83. The molecule has 0 spiro atoms. The van der Waals surface area contributed by atoms with Crippen LogP contribution in [0.3, 0.4) is 0 Å². The van der Waals surface area contributed by atoms with Crippen LogP contribution in [0.4, 0.5) is 0 Å². The molecule has 1 aliphatic rings. The van der Waals surface area contributed by atoms with Gasteiger partial charge in [0.25, 0.3) is 5.91 Å². The Hall–Kier alpha value is -1.35. The third kappa shape index (κ3) is 5.16. The van der Waals surface area contributed by atoms with E-state index >= 15 is 0 Å². The molecule has 1 amide bonds. The molecule has 0 fully saturated rings. The minimum absolute atomic E-state index is 0.0666. The lowest BCUT2D eigenvalue weighted by Gasteiger charge is -2.17. The fourth-order valence-corrected chi connectivity index (χ4v) is 2.83. The van der Waals surface area contributed by atoms with Gasteiger partial charge in [0.05, 0.1) is 0 Å². The summed E-state index contributed by atoms with van der Waals surface area (Å²) < 4.78 is 0. The van der Waals surface area contributed by atoms with Crippen molar-refractivity contribution in [3.05, 3.63) is 34.9 Å². The van der Waals surface area contributed by atoms with Gasteiger partial charge in [-0.2, -0.15) is 0 Å². The number of carbonyl (C=O) groups is 1. The molecule has 0 atom stereocenters. The Morgan fingerprint density at radius 3 is 2.81 bits per heavy atom.